The number of fused-ring (bicyclic) bond motifs is 1. The van der Waals surface area contributed by atoms with Gasteiger partial charge in [-0.25, -0.2) is 0 Å². The van der Waals surface area contributed by atoms with Crippen LogP contribution in [-0.2, 0) is 6.54 Å². The molecule has 1 heterocycles. The van der Waals surface area contributed by atoms with E-state index in [-0.39, 0.29) is 5.69 Å². The smallest absolute Gasteiger partial charge is 0.269 e. The third-order valence-corrected chi connectivity index (χ3v) is 5.10. The normalized spacial score (nSPS) is 19.0. The predicted octanol–water partition coefficient (Wildman–Crippen LogP) is 2.49. The average molecular weight is 310 g/mol. The van der Waals surface area contributed by atoms with Crippen molar-refractivity contribution >= 4 is 16.8 Å². The third kappa shape index (κ3) is 2.93. The van der Waals surface area contributed by atoms with Crippen molar-refractivity contribution < 1.29 is 4.79 Å². The largest absolute Gasteiger partial charge is 0.364 e. The maximum absolute atomic E-state index is 11.7. The molecule has 1 atom stereocenters. The molecule has 1 amide bonds. The summed E-state index contributed by atoms with van der Waals surface area (Å²) in [4.78, 5) is 11.7. The zero-order valence-electron chi connectivity index (χ0n) is 13.4. The van der Waals surface area contributed by atoms with Gasteiger partial charge in [-0.1, -0.05) is 12.1 Å². The number of nitrogens with one attached hydrogen (secondary N) is 1. The van der Waals surface area contributed by atoms with Crippen molar-refractivity contribution in [2.45, 2.75) is 51.1 Å². The van der Waals surface area contributed by atoms with Gasteiger partial charge in [0, 0.05) is 23.5 Å². The van der Waals surface area contributed by atoms with Gasteiger partial charge in [0.05, 0.1) is 5.52 Å². The Morgan fingerprint density at radius 1 is 1.30 bits per heavy atom. The van der Waals surface area contributed by atoms with Crippen molar-refractivity contribution in [3.05, 3.63) is 35.0 Å². The molecule has 1 unspecified atom stereocenters. The van der Waals surface area contributed by atoms with E-state index in [0.717, 1.165) is 22.4 Å². The lowest BCUT2D eigenvalue weighted by Gasteiger charge is -2.15. The first-order valence-electron chi connectivity index (χ1n) is 8.46. The van der Waals surface area contributed by atoms with Gasteiger partial charge in [-0.05, 0) is 56.1 Å². The van der Waals surface area contributed by atoms with Crippen molar-refractivity contribution in [3.8, 4) is 0 Å². The molecule has 5 nitrogen and oxygen atoms in total. The highest BCUT2D eigenvalue weighted by Crippen LogP contribution is 2.41. The molecule has 1 aromatic heterocycles. The van der Waals surface area contributed by atoms with E-state index in [1.165, 1.54) is 31.2 Å². The van der Waals surface area contributed by atoms with E-state index in [9.17, 15) is 4.79 Å². The molecule has 0 radical (unpaired) electrons. The number of carbonyl (C=O) groups excluding carboxylic acids is 1. The Balaban J connectivity index is 1.70. The lowest BCUT2D eigenvalue weighted by atomic mass is 10.0. The molecule has 0 bridgehead atoms. The zero-order chi connectivity index (χ0) is 16.0. The van der Waals surface area contributed by atoms with Gasteiger partial charge in [-0.15, -0.1) is 10.2 Å². The lowest BCUT2D eigenvalue weighted by Crippen LogP contribution is -2.29. The second-order valence-corrected chi connectivity index (χ2v) is 6.95. The maximum Gasteiger partial charge on any atom is 0.269 e. The number of amides is 1. The van der Waals surface area contributed by atoms with Gasteiger partial charge in [0.2, 0.25) is 0 Å². The highest BCUT2D eigenvalue weighted by atomic mass is 16.1. The van der Waals surface area contributed by atoms with Crippen LogP contribution in [0.3, 0.4) is 0 Å². The molecular weight excluding hydrogens is 288 g/mol. The lowest BCUT2D eigenvalue weighted by molar-refractivity contribution is 0.0993. The first kappa shape index (κ1) is 14.6. The van der Waals surface area contributed by atoms with Gasteiger partial charge in [-0.2, -0.15) is 0 Å². The van der Waals surface area contributed by atoms with Crippen LogP contribution in [0.25, 0.3) is 10.9 Å². The molecule has 2 saturated carbocycles. The molecular formula is C18H22N4O. The van der Waals surface area contributed by atoms with E-state index in [1.54, 1.807) is 0 Å². The molecule has 1 aromatic carbocycles. The molecule has 0 aliphatic heterocycles. The fourth-order valence-corrected chi connectivity index (χ4v) is 3.25. The number of primary amides is 1. The van der Waals surface area contributed by atoms with Crippen molar-refractivity contribution in [3.63, 3.8) is 0 Å². The van der Waals surface area contributed by atoms with Gasteiger partial charge in [0.25, 0.3) is 5.91 Å². The van der Waals surface area contributed by atoms with Gasteiger partial charge in [-0.3, -0.25) is 4.79 Å². The van der Waals surface area contributed by atoms with E-state index >= 15 is 0 Å². The Kier molecular flexibility index (Phi) is 3.53. The SMILES string of the molecule is CC(NCc1c(C(N)=O)nnc2cc(C3CC3)ccc12)C1CC1. The number of carbonyl (C=O) groups is 1. The van der Waals surface area contributed by atoms with Gasteiger partial charge in [0.1, 0.15) is 0 Å². The van der Waals surface area contributed by atoms with E-state index in [1.807, 2.05) is 0 Å². The fourth-order valence-electron chi connectivity index (χ4n) is 3.25. The van der Waals surface area contributed by atoms with Gasteiger partial charge >= 0.3 is 0 Å². The van der Waals surface area contributed by atoms with Crippen LogP contribution in [0.1, 0.15) is 60.1 Å². The number of hydrogen-bond donors (Lipinski definition) is 2. The molecule has 5 heteroatoms. The number of rotatable bonds is 6. The molecule has 0 spiro atoms. The van der Waals surface area contributed by atoms with Crippen LogP contribution in [0.5, 0.6) is 0 Å². The summed E-state index contributed by atoms with van der Waals surface area (Å²) in [5.74, 6) is 0.921. The van der Waals surface area contributed by atoms with Gasteiger partial charge in [0.15, 0.2) is 5.69 Å². The first-order valence-corrected chi connectivity index (χ1v) is 8.46. The number of benzene rings is 1. The van der Waals surface area contributed by atoms with Crippen molar-refractivity contribution in [2.24, 2.45) is 11.7 Å². The van der Waals surface area contributed by atoms with Crippen molar-refractivity contribution in [2.75, 3.05) is 0 Å². The van der Waals surface area contributed by atoms with Crippen LogP contribution in [-0.4, -0.2) is 22.1 Å². The summed E-state index contributed by atoms with van der Waals surface area (Å²) < 4.78 is 0. The highest BCUT2D eigenvalue weighted by molar-refractivity contribution is 5.97. The number of aromatic nitrogens is 2. The molecule has 2 aromatic rings. The standard InChI is InChI=1S/C18H22N4O/c1-10(11-2-3-11)20-9-15-14-7-6-13(12-4-5-12)8-16(14)21-22-17(15)18(19)23/h6-8,10-12,20H,2-5,9H2,1H3,(H2,19,23). The topological polar surface area (TPSA) is 80.9 Å². The Morgan fingerprint density at radius 2 is 2.09 bits per heavy atom. The Hall–Kier alpha value is -2.01. The molecule has 3 N–H and O–H groups in total. The fraction of sp³-hybridized carbons (Fsp3) is 0.500. The second-order valence-electron chi connectivity index (χ2n) is 6.95. The minimum absolute atomic E-state index is 0.284. The first-order chi connectivity index (χ1) is 11.1. The van der Waals surface area contributed by atoms with Crippen LogP contribution in [0.2, 0.25) is 0 Å². The summed E-state index contributed by atoms with van der Waals surface area (Å²) in [6.07, 6.45) is 5.09. The summed E-state index contributed by atoms with van der Waals surface area (Å²) in [5, 5.41) is 12.8. The quantitative estimate of drug-likeness (QED) is 0.859. The molecule has 2 fully saturated rings. The Morgan fingerprint density at radius 3 is 2.74 bits per heavy atom. The molecule has 4 rings (SSSR count). The molecule has 23 heavy (non-hydrogen) atoms. The minimum Gasteiger partial charge on any atom is -0.364 e. The molecule has 2 aliphatic rings. The van der Waals surface area contributed by atoms with Gasteiger partial charge < -0.3 is 11.1 Å². The average Bonchev–Trinajstić information content (AvgIpc) is 3.42. The maximum atomic E-state index is 11.7. The van der Waals surface area contributed by atoms with Crippen LogP contribution in [0, 0.1) is 5.92 Å². The molecule has 2 aliphatic carbocycles. The summed E-state index contributed by atoms with van der Waals surface area (Å²) in [6, 6.07) is 6.78. The van der Waals surface area contributed by atoms with E-state index in [0.29, 0.717) is 18.5 Å². The Labute approximate surface area is 135 Å². The highest BCUT2D eigenvalue weighted by Gasteiger charge is 2.28. The van der Waals surface area contributed by atoms with Crippen LogP contribution in [0.4, 0.5) is 0 Å². The third-order valence-electron chi connectivity index (χ3n) is 5.10. The van der Waals surface area contributed by atoms with Crippen molar-refractivity contribution in [1.29, 1.82) is 0 Å². The second kappa shape index (κ2) is 5.57. The summed E-state index contributed by atoms with van der Waals surface area (Å²) in [6.45, 7) is 2.80. The van der Waals surface area contributed by atoms with E-state index < -0.39 is 5.91 Å². The summed E-state index contributed by atoms with van der Waals surface area (Å²) in [7, 11) is 0. The van der Waals surface area contributed by atoms with Crippen LogP contribution < -0.4 is 11.1 Å². The molecule has 0 saturated heterocycles. The van der Waals surface area contributed by atoms with E-state index in [4.69, 9.17) is 5.73 Å². The monoisotopic (exact) mass is 310 g/mol. The zero-order valence-corrected chi connectivity index (χ0v) is 13.4. The Bertz CT molecular complexity index is 765. The van der Waals surface area contributed by atoms with E-state index in [2.05, 4.69) is 40.6 Å². The van der Waals surface area contributed by atoms with Crippen LogP contribution in [0.15, 0.2) is 18.2 Å². The summed E-state index contributed by atoms with van der Waals surface area (Å²) in [5.41, 5.74) is 8.84. The number of nitrogens with zero attached hydrogens (tertiary/aromatic N) is 2. The van der Waals surface area contributed by atoms with Crippen molar-refractivity contribution in [1.82, 2.24) is 15.5 Å². The molecule has 120 valence electrons. The predicted molar refractivity (Wildman–Crippen MR) is 89.1 cm³/mol. The number of nitrogens with two attached hydrogens (primary N) is 1. The summed E-state index contributed by atoms with van der Waals surface area (Å²) >= 11 is 0. The number of hydrogen-bond acceptors (Lipinski definition) is 4. The van der Waals surface area contributed by atoms with Crippen LogP contribution >= 0.6 is 0 Å². The minimum atomic E-state index is -0.512.